The molecule has 0 fully saturated rings. The number of carbonyl (C=O) groups excluding carboxylic acids is 1. The fraction of sp³-hybridized carbons (Fsp3) is 0.219. The van der Waals surface area contributed by atoms with E-state index in [1.165, 1.54) is 27.8 Å². The van der Waals surface area contributed by atoms with Crippen LogP contribution in [-0.4, -0.2) is 30.8 Å². The van der Waals surface area contributed by atoms with Crippen LogP contribution in [0.4, 0.5) is 10.8 Å². The molecule has 3 heterocycles. The lowest BCUT2D eigenvalue weighted by Crippen LogP contribution is -2.35. The lowest BCUT2D eigenvalue weighted by molar-refractivity contribution is 0.0984. The van der Waals surface area contributed by atoms with Gasteiger partial charge in [-0.05, 0) is 78.4 Å². The summed E-state index contributed by atoms with van der Waals surface area (Å²) >= 11 is 1.46. The van der Waals surface area contributed by atoms with E-state index in [4.69, 9.17) is 4.98 Å². The fourth-order valence-electron chi connectivity index (χ4n) is 5.22. The first kappa shape index (κ1) is 27.1. The van der Waals surface area contributed by atoms with E-state index in [9.17, 15) is 13.2 Å². The van der Waals surface area contributed by atoms with E-state index in [0.717, 1.165) is 45.6 Å². The first-order valence-electron chi connectivity index (χ1n) is 13.6. The Morgan fingerprint density at radius 2 is 1.76 bits per heavy atom. The number of amides is 1. The molecule has 5 aromatic rings. The summed E-state index contributed by atoms with van der Waals surface area (Å²) < 4.78 is 29.7. The van der Waals surface area contributed by atoms with E-state index in [1.807, 2.05) is 54.6 Å². The number of thiazole rings is 1. The number of nitrogens with zero attached hydrogens (tertiary/aromatic N) is 4. The Kier molecular flexibility index (Phi) is 7.32. The number of carbonyl (C=O) groups is 1. The predicted octanol–water partition coefficient (Wildman–Crippen LogP) is 6.80. The molecule has 0 N–H and O–H groups in total. The lowest BCUT2D eigenvalue weighted by Gasteiger charge is -2.30. The van der Waals surface area contributed by atoms with E-state index < -0.39 is 10.0 Å². The number of rotatable bonds is 7. The van der Waals surface area contributed by atoms with Crippen molar-refractivity contribution >= 4 is 48.3 Å². The molecular weight excluding hydrogens is 553 g/mol. The predicted molar refractivity (Wildman–Crippen MR) is 164 cm³/mol. The summed E-state index contributed by atoms with van der Waals surface area (Å²) in [7, 11) is -3.78. The molecule has 1 aliphatic heterocycles. The summed E-state index contributed by atoms with van der Waals surface area (Å²) in [5.41, 5.74) is 4.87. The largest absolute Gasteiger partial charge is 0.278 e. The van der Waals surface area contributed by atoms with Gasteiger partial charge < -0.3 is 0 Å². The standard InChI is InChI=1S/C32H30N4O3S2/c1-22(2)27-12-7-14-29-30(27)34-32(40-29)35(21-25-11-5-6-19-33-25)31(37)24-15-17-26(18-16-24)41(38,39)36-20-8-10-23-9-3-4-13-28(23)36/h3-7,9,11-19,22H,8,10,20-21H2,1-2H3. The van der Waals surface area contributed by atoms with Gasteiger partial charge in [-0.1, -0.05) is 61.6 Å². The fourth-order valence-corrected chi connectivity index (χ4v) is 7.76. The molecule has 0 atom stereocenters. The van der Waals surface area contributed by atoms with Gasteiger partial charge in [0.1, 0.15) is 0 Å². The zero-order chi connectivity index (χ0) is 28.6. The molecule has 0 unspecified atom stereocenters. The molecule has 7 nitrogen and oxygen atoms in total. The molecule has 0 saturated heterocycles. The van der Waals surface area contributed by atoms with Crippen molar-refractivity contribution in [2.45, 2.75) is 44.0 Å². The second kappa shape index (κ2) is 11.1. The Balaban J connectivity index is 1.34. The third-order valence-corrected chi connectivity index (χ3v) is 10.2. The zero-order valence-electron chi connectivity index (χ0n) is 22.9. The van der Waals surface area contributed by atoms with Crippen LogP contribution in [-0.2, 0) is 23.0 Å². The summed E-state index contributed by atoms with van der Waals surface area (Å²) in [5, 5.41) is 0.574. The minimum Gasteiger partial charge on any atom is -0.278 e. The molecule has 9 heteroatoms. The smallest absolute Gasteiger partial charge is 0.264 e. The lowest BCUT2D eigenvalue weighted by atomic mass is 10.0. The van der Waals surface area contributed by atoms with Crippen LogP contribution in [0, 0.1) is 0 Å². The molecule has 208 valence electrons. The normalized spacial score (nSPS) is 13.4. The van der Waals surface area contributed by atoms with Gasteiger partial charge in [0.2, 0.25) is 0 Å². The number of benzene rings is 3. The molecular formula is C32H30N4O3S2. The van der Waals surface area contributed by atoms with Crippen LogP contribution >= 0.6 is 11.3 Å². The molecule has 2 aromatic heterocycles. The third-order valence-electron chi connectivity index (χ3n) is 7.34. The van der Waals surface area contributed by atoms with Crippen molar-refractivity contribution < 1.29 is 13.2 Å². The molecule has 1 aliphatic rings. The zero-order valence-corrected chi connectivity index (χ0v) is 24.5. The summed E-state index contributed by atoms with van der Waals surface area (Å²) in [6.07, 6.45) is 3.31. The van der Waals surface area contributed by atoms with Crippen LogP contribution in [0.15, 0.2) is 96.0 Å². The van der Waals surface area contributed by atoms with Crippen LogP contribution < -0.4 is 9.21 Å². The topological polar surface area (TPSA) is 83.5 Å². The molecule has 41 heavy (non-hydrogen) atoms. The minimum absolute atomic E-state index is 0.156. The van der Waals surface area contributed by atoms with Gasteiger partial charge in [0.15, 0.2) is 5.13 Å². The highest BCUT2D eigenvalue weighted by Gasteiger charge is 2.30. The molecule has 6 rings (SSSR count). The highest BCUT2D eigenvalue weighted by molar-refractivity contribution is 7.92. The monoisotopic (exact) mass is 582 g/mol. The first-order valence-corrected chi connectivity index (χ1v) is 15.9. The number of pyridine rings is 1. The third kappa shape index (κ3) is 5.23. The van der Waals surface area contributed by atoms with Gasteiger partial charge in [0.25, 0.3) is 15.9 Å². The molecule has 1 amide bonds. The summed E-state index contributed by atoms with van der Waals surface area (Å²) in [6.45, 7) is 4.92. The van der Waals surface area contributed by atoms with Crippen molar-refractivity contribution in [1.29, 1.82) is 0 Å². The van der Waals surface area contributed by atoms with E-state index in [1.54, 1.807) is 23.2 Å². The number of para-hydroxylation sites is 2. The number of aryl methyl sites for hydroxylation is 1. The molecule has 0 saturated carbocycles. The minimum atomic E-state index is -3.78. The van der Waals surface area contributed by atoms with Crippen LogP contribution in [0.25, 0.3) is 10.2 Å². The van der Waals surface area contributed by atoms with E-state index in [2.05, 4.69) is 24.9 Å². The Labute approximate surface area is 244 Å². The molecule has 0 spiro atoms. The second-order valence-corrected chi connectivity index (χ2v) is 13.3. The van der Waals surface area contributed by atoms with E-state index >= 15 is 0 Å². The highest BCUT2D eigenvalue weighted by atomic mass is 32.2. The van der Waals surface area contributed by atoms with Gasteiger partial charge in [-0.3, -0.25) is 19.0 Å². The average molecular weight is 583 g/mol. The van der Waals surface area contributed by atoms with Crippen LogP contribution in [0.5, 0.6) is 0 Å². The van der Waals surface area contributed by atoms with Gasteiger partial charge in [-0.15, -0.1) is 0 Å². The van der Waals surface area contributed by atoms with E-state index in [0.29, 0.717) is 17.2 Å². The Morgan fingerprint density at radius 3 is 2.51 bits per heavy atom. The van der Waals surface area contributed by atoms with Crippen molar-refractivity contribution in [3.8, 4) is 0 Å². The molecule has 3 aromatic carbocycles. The Hall–Kier alpha value is -4.08. The first-order chi connectivity index (χ1) is 19.8. The number of fused-ring (bicyclic) bond motifs is 2. The highest BCUT2D eigenvalue weighted by Crippen LogP contribution is 2.35. The van der Waals surface area contributed by atoms with Gasteiger partial charge >= 0.3 is 0 Å². The molecule has 0 bridgehead atoms. The van der Waals surface area contributed by atoms with Crippen LogP contribution in [0.1, 0.15) is 53.4 Å². The van der Waals surface area contributed by atoms with Crippen molar-refractivity contribution in [3.63, 3.8) is 0 Å². The quantitative estimate of drug-likeness (QED) is 0.211. The Morgan fingerprint density at radius 1 is 0.976 bits per heavy atom. The van der Waals surface area contributed by atoms with E-state index in [-0.39, 0.29) is 23.3 Å². The van der Waals surface area contributed by atoms with Gasteiger partial charge in [-0.2, -0.15) is 0 Å². The number of hydrogen-bond donors (Lipinski definition) is 0. The Bertz CT molecular complexity index is 1820. The van der Waals surface area contributed by atoms with Gasteiger partial charge in [0.05, 0.1) is 33.0 Å². The number of anilines is 2. The van der Waals surface area contributed by atoms with Crippen molar-refractivity contribution in [2.75, 3.05) is 15.7 Å². The maximum Gasteiger partial charge on any atom is 0.264 e. The summed E-state index contributed by atoms with van der Waals surface area (Å²) in [6, 6.07) is 25.5. The van der Waals surface area contributed by atoms with Crippen molar-refractivity contribution in [1.82, 2.24) is 9.97 Å². The van der Waals surface area contributed by atoms with Crippen molar-refractivity contribution in [3.05, 3.63) is 114 Å². The number of aromatic nitrogens is 2. The summed E-state index contributed by atoms with van der Waals surface area (Å²) in [5.74, 6) is 0.0167. The molecule has 0 radical (unpaired) electrons. The van der Waals surface area contributed by atoms with Gasteiger partial charge in [-0.25, -0.2) is 13.4 Å². The number of hydrogen-bond acceptors (Lipinski definition) is 6. The van der Waals surface area contributed by atoms with Gasteiger partial charge in [0, 0.05) is 18.3 Å². The second-order valence-electron chi connectivity index (χ2n) is 10.4. The van der Waals surface area contributed by atoms with Crippen LogP contribution in [0.2, 0.25) is 0 Å². The SMILES string of the molecule is CC(C)c1cccc2sc(N(Cc3ccccn3)C(=O)c3ccc(S(=O)(=O)N4CCCc5ccccc54)cc3)nc12. The average Bonchev–Trinajstić information content (AvgIpc) is 3.44. The van der Waals surface area contributed by atoms with Crippen LogP contribution in [0.3, 0.4) is 0 Å². The maximum atomic E-state index is 14.0. The number of sulfonamides is 1. The maximum absolute atomic E-state index is 14.0. The summed E-state index contributed by atoms with van der Waals surface area (Å²) in [4.78, 5) is 25.1. The molecule has 0 aliphatic carbocycles. The van der Waals surface area contributed by atoms with Crippen molar-refractivity contribution in [2.24, 2.45) is 0 Å².